The SMILES string of the molecule is CCCCCC(NC(=O)NC(CCC(=O)C=O)C(N)=O)C(=O)O. The predicted octanol–water partition coefficient (Wildman–Crippen LogP) is -0.279. The summed E-state index contributed by atoms with van der Waals surface area (Å²) in [6.07, 6.45) is 2.40. The van der Waals surface area contributed by atoms with Crippen LogP contribution in [0.25, 0.3) is 0 Å². The van der Waals surface area contributed by atoms with Gasteiger partial charge in [0.15, 0.2) is 12.1 Å². The standard InChI is InChI=1S/C14H23N3O6/c1-2-3-4-5-11(13(21)22)17-14(23)16-10(12(15)20)7-6-9(19)8-18/h8,10-11H,2-7H2,1H3,(H2,15,20)(H,21,22)(H2,16,17,23). The fourth-order valence-electron chi connectivity index (χ4n) is 1.85. The third-order valence-corrected chi connectivity index (χ3v) is 3.16. The maximum Gasteiger partial charge on any atom is 0.326 e. The zero-order valence-electron chi connectivity index (χ0n) is 13.0. The van der Waals surface area contributed by atoms with Crippen LogP contribution in [0, 0.1) is 0 Å². The first kappa shape index (κ1) is 20.6. The number of ketones is 1. The highest BCUT2D eigenvalue weighted by atomic mass is 16.4. The van der Waals surface area contributed by atoms with Crippen molar-refractivity contribution in [3.63, 3.8) is 0 Å². The number of urea groups is 1. The predicted molar refractivity (Wildman–Crippen MR) is 80.5 cm³/mol. The van der Waals surface area contributed by atoms with Crippen LogP contribution in [0.4, 0.5) is 4.79 Å². The summed E-state index contributed by atoms with van der Waals surface area (Å²) in [5.74, 6) is -2.78. The second kappa shape index (κ2) is 11.2. The van der Waals surface area contributed by atoms with Crippen molar-refractivity contribution in [2.75, 3.05) is 0 Å². The van der Waals surface area contributed by atoms with Gasteiger partial charge in [-0.3, -0.25) is 14.4 Å². The minimum atomic E-state index is -1.18. The van der Waals surface area contributed by atoms with E-state index in [2.05, 4.69) is 10.6 Å². The molecule has 0 aliphatic heterocycles. The number of carboxylic acid groups (broad SMARTS) is 1. The number of rotatable bonds is 12. The van der Waals surface area contributed by atoms with Gasteiger partial charge in [0.25, 0.3) is 0 Å². The highest BCUT2D eigenvalue weighted by Crippen LogP contribution is 2.04. The summed E-state index contributed by atoms with van der Waals surface area (Å²) in [6, 6.07) is -3.10. The number of Topliss-reactive ketones (excluding diaryl/α,β-unsaturated/α-hetero) is 1. The van der Waals surface area contributed by atoms with Crippen molar-refractivity contribution in [2.45, 2.75) is 57.5 Å². The molecule has 0 radical (unpaired) electrons. The lowest BCUT2D eigenvalue weighted by Gasteiger charge is -2.18. The van der Waals surface area contributed by atoms with Crippen molar-refractivity contribution >= 4 is 30.0 Å². The van der Waals surface area contributed by atoms with Crippen molar-refractivity contribution in [1.29, 1.82) is 0 Å². The molecule has 3 amide bonds. The molecular weight excluding hydrogens is 306 g/mol. The molecule has 9 heteroatoms. The van der Waals surface area contributed by atoms with E-state index in [0.717, 1.165) is 12.8 Å². The number of amides is 3. The van der Waals surface area contributed by atoms with E-state index in [1.165, 1.54) is 0 Å². The molecule has 0 saturated heterocycles. The maximum absolute atomic E-state index is 11.8. The van der Waals surface area contributed by atoms with E-state index in [4.69, 9.17) is 10.8 Å². The number of carbonyl (C=O) groups is 5. The molecule has 23 heavy (non-hydrogen) atoms. The molecule has 2 unspecified atom stereocenters. The summed E-state index contributed by atoms with van der Waals surface area (Å²) in [4.78, 5) is 55.2. The lowest BCUT2D eigenvalue weighted by atomic mass is 10.1. The van der Waals surface area contributed by atoms with Crippen LogP contribution in [0.15, 0.2) is 0 Å². The molecule has 9 nitrogen and oxygen atoms in total. The Labute approximate surface area is 134 Å². The van der Waals surface area contributed by atoms with E-state index in [0.29, 0.717) is 6.42 Å². The summed E-state index contributed by atoms with van der Waals surface area (Å²) in [6.45, 7) is 1.97. The summed E-state index contributed by atoms with van der Waals surface area (Å²) >= 11 is 0. The van der Waals surface area contributed by atoms with E-state index in [-0.39, 0.29) is 25.5 Å². The first-order chi connectivity index (χ1) is 10.8. The fraction of sp³-hybridized carbons (Fsp3) is 0.643. The Kier molecular flexibility index (Phi) is 9.97. The van der Waals surface area contributed by atoms with Crippen LogP contribution in [0.1, 0.15) is 45.4 Å². The van der Waals surface area contributed by atoms with Gasteiger partial charge in [0.1, 0.15) is 12.1 Å². The van der Waals surface area contributed by atoms with Gasteiger partial charge in [-0.2, -0.15) is 0 Å². The molecule has 0 aliphatic carbocycles. The number of carboxylic acids is 1. The molecule has 0 fully saturated rings. The van der Waals surface area contributed by atoms with Gasteiger partial charge in [-0.1, -0.05) is 26.2 Å². The molecule has 0 bridgehead atoms. The number of aliphatic carboxylic acids is 1. The Hall–Kier alpha value is -2.45. The van der Waals surface area contributed by atoms with Crippen LogP contribution >= 0.6 is 0 Å². The Morgan fingerprint density at radius 2 is 1.70 bits per heavy atom. The second-order valence-electron chi connectivity index (χ2n) is 5.08. The van der Waals surface area contributed by atoms with Crippen LogP contribution in [0.5, 0.6) is 0 Å². The molecule has 130 valence electrons. The number of nitrogens with one attached hydrogen (secondary N) is 2. The molecule has 0 heterocycles. The van der Waals surface area contributed by atoms with E-state index in [1.54, 1.807) is 0 Å². The number of carbonyl (C=O) groups excluding carboxylic acids is 4. The smallest absolute Gasteiger partial charge is 0.326 e. The number of primary amides is 1. The first-order valence-electron chi connectivity index (χ1n) is 7.39. The summed E-state index contributed by atoms with van der Waals surface area (Å²) in [5, 5.41) is 13.5. The van der Waals surface area contributed by atoms with Gasteiger partial charge >= 0.3 is 12.0 Å². The van der Waals surface area contributed by atoms with Crippen LogP contribution in [0.3, 0.4) is 0 Å². The van der Waals surface area contributed by atoms with Crippen molar-refractivity contribution in [3.05, 3.63) is 0 Å². The minimum absolute atomic E-state index is 0.117. The fourth-order valence-corrected chi connectivity index (χ4v) is 1.85. The second-order valence-corrected chi connectivity index (χ2v) is 5.08. The van der Waals surface area contributed by atoms with Gasteiger partial charge in [-0.15, -0.1) is 0 Å². The number of nitrogens with two attached hydrogens (primary N) is 1. The molecule has 0 aliphatic rings. The van der Waals surface area contributed by atoms with Crippen molar-refractivity contribution in [2.24, 2.45) is 5.73 Å². The summed E-state index contributed by atoms with van der Waals surface area (Å²) < 4.78 is 0. The average molecular weight is 329 g/mol. The monoisotopic (exact) mass is 329 g/mol. The molecule has 0 aromatic heterocycles. The van der Waals surface area contributed by atoms with E-state index in [1.807, 2.05) is 6.92 Å². The molecule has 0 spiro atoms. The molecule has 5 N–H and O–H groups in total. The Balaban J connectivity index is 4.52. The summed E-state index contributed by atoms with van der Waals surface area (Å²) in [7, 11) is 0. The van der Waals surface area contributed by atoms with Crippen molar-refractivity contribution < 1.29 is 29.1 Å². The van der Waals surface area contributed by atoms with Crippen LogP contribution in [0.2, 0.25) is 0 Å². The van der Waals surface area contributed by atoms with Crippen molar-refractivity contribution in [3.8, 4) is 0 Å². The molecule has 0 aromatic rings. The van der Waals surface area contributed by atoms with Gasteiger partial charge in [0.2, 0.25) is 5.91 Å². The van der Waals surface area contributed by atoms with E-state index in [9.17, 15) is 24.0 Å². The maximum atomic E-state index is 11.8. The lowest BCUT2D eigenvalue weighted by Crippen LogP contribution is -2.52. The largest absolute Gasteiger partial charge is 0.480 e. The van der Waals surface area contributed by atoms with Gasteiger partial charge in [-0.05, 0) is 12.8 Å². The molecular formula is C14H23N3O6. The number of hydrogen-bond acceptors (Lipinski definition) is 5. The third kappa shape index (κ3) is 9.22. The van der Waals surface area contributed by atoms with E-state index >= 15 is 0 Å². The van der Waals surface area contributed by atoms with Crippen LogP contribution in [-0.2, 0) is 19.2 Å². The topological polar surface area (TPSA) is 156 Å². The molecule has 2 atom stereocenters. The van der Waals surface area contributed by atoms with Crippen molar-refractivity contribution in [1.82, 2.24) is 10.6 Å². The van der Waals surface area contributed by atoms with Gasteiger partial charge < -0.3 is 21.5 Å². The van der Waals surface area contributed by atoms with Gasteiger partial charge in [-0.25, -0.2) is 9.59 Å². The number of hydrogen-bond donors (Lipinski definition) is 4. The zero-order valence-corrected chi connectivity index (χ0v) is 13.0. The Bertz CT molecular complexity index is 452. The Morgan fingerprint density at radius 3 is 2.17 bits per heavy atom. The van der Waals surface area contributed by atoms with Gasteiger partial charge in [0.05, 0.1) is 0 Å². The quantitative estimate of drug-likeness (QED) is 0.219. The Morgan fingerprint density at radius 1 is 1.09 bits per heavy atom. The third-order valence-electron chi connectivity index (χ3n) is 3.16. The lowest BCUT2D eigenvalue weighted by molar-refractivity contribution is -0.139. The molecule has 0 rings (SSSR count). The first-order valence-corrected chi connectivity index (χ1v) is 7.39. The molecule has 0 aromatic carbocycles. The summed E-state index contributed by atoms with van der Waals surface area (Å²) in [5.41, 5.74) is 5.10. The highest BCUT2D eigenvalue weighted by molar-refractivity contribution is 6.24. The zero-order chi connectivity index (χ0) is 17.8. The van der Waals surface area contributed by atoms with Gasteiger partial charge in [0, 0.05) is 6.42 Å². The highest BCUT2D eigenvalue weighted by Gasteiger charge is 2.23. The van der Waals surface area contributed by atoms with Crippen LogP contribution < -0.4 is 16.4 Å². The average Bonchev–Trinajstić information content (AvgIpc) is 2.49. The normalized spacial score (nSPS) is 12.7. The number of aldehydes is 1. The minimum Gasteiger partial charge on any atom is -0.480 e. The van der Waals surface area contributed by atoms with E-state index < -0.39 is 35.8 Å². The number of unbranched alkanes of at least 4 members (excludes halogenated alkanes) is 2. The van der Waals surface area contributed by atoms with Crippen LogP contribution in [-0.4, -0.2) is 47.2 Å². The molecule has 0 saturated carbocycles.